The van der Waals surface area contributed by atoms with Crippen LogP contribution in [0.25, 0.3) is 11.3 Å². The Morgan fingerprint density at radius 1 is 1.02 bits per heavy atom. The molecule has 3 aliphatic heterocycles. The molecule has 0 radical (unpaired) electrons. The molecule has 2 atom stereocenters. The van der Waals surface area contributed by atoms with Crippen molar-refractivity contribution in [3.8, 4) is 11.3 Å². The number of hydrogen-bond donors (Lipinski definition) is 2. The topological polar surface area (TPSA) is 99.9 Å². The first-order chi connectivity index (χ1) is 19.5. The molecule has 4 heterocycles. The number of urea groups is 1. The van der Waals surface area contributed by atoms with Gasteiger partial charge in [0.25, 0.3) is 5.56 Å². The number of nitrogens with one attached hydrogen (secondary N) is 1. The number of ether oxygens (including phenoxy) is 1. The Hall–Kier alpha value is -3.53. The third kappa shape index (κ3) is 5.05. The van der Waals surface area contributed by atoms with Crippen molar-refractivity contribution in [1.29, 1.82) is 0 Å². The SMILES string of the molecule is O=C(N1CC[C@@](O)(Cn2cnc(-c3ccccc3)cc2=O)C2(CCOCC2)C1)N1CCNC[C@H]1c1ccccc1. The minimum atomic E-state index is -1.17. The molecular weight excluding hydrogens is 506 g/mol. The molecule has 0 unspecified atom stereocenters. The molecule has 3 fully saturated rings. The molecule has 0 aliphatic carbocycles. The predicted molar refractivity (Wildman–Crippen MR) is 152 cm³/mol. The highest BCUT2D eigenvalue weighted by Gasteiger charge is 2.55. The lowest BCUT2D eigenvalue weighted by Gasteiger charge is -2.56. The van der Waals surface area contributed by atoms with E-state index in [1.54, 1.807) is 6.33 Å². The van der Waals surface area contributed by atoms with Crippen molar-refractivity contribution >= 4 is 6.03 Å². The Kier molecular flexibility index (Phi) is 7.44. The minimum Gasteiger partial charge on any atom is -0.387 e. The van der Waals surface area contributed by atoms with Crippen LogP contribution < -0.4 is 10.9 Å². The van der Waals surface area contributed by atoms with Gasteiger partial charge < -0.3 is 25.0 Å². The van der Waals surface area contributed by atoms with Crippen LogP contribution >= 0.6 is 0 Å². The monoisotopic (exact) mass is 543 g/mol. The summed E-state index contributed by atoms with van der Waals surface area (Å²) in [6.07, 6.45) is 3.18. The summed E-state index contributed by atoms with van der Waals surface area (Å²) in [7, 11) is 0. The molecule has 3 aromatic rings. The van der Waals surface area contributed by atoms with Crippen LogP contribution in [0.4, 0.5) is 4.79 Å². The number of rotatable bonds is 4. The number of piperidine rings is 1. The average molecular weight is 544 g/mol. The summed E-state index contributed by atoms with van der Waals surface area (Å²) in [6, 6.07) is 21.2. The second-order valence-electron chi connectivity index (χ2n) is 11.3. The summed E-state index contributed by atoms with van der Waals surface area (Å²) < 4.78 is 7.22. The maximum absolute atomic E-state index is 14.0. The van der Waals surface area contributed by atoms with Crippen LogP contribution in [0.5, 0.6) is 0 Å². The van der Waals surface area contributed by atoms with E-state index in [2.05, 4.69) is 22.4 Å². The van der Waals surface area contributed by atoms with Crippen molar-refractivity contribution in [2.24, 2.45) is 5.41 Å². The fourth-order valence-electron chi connectivity index (χ4n) is 6.65. The third-order valence-electron chi connectivity index (χ3n) is 9.05. The Morgan fingerprint density at radius 2 is 1.75 bits per heavy atom. The summed E-state index contributed by atoms with van der Waals surface area (Å²) >= 11 is 0. The molecule has 3 saturated heterocycles. The van der Waals surface area contributed by atoms with Gasteiger partial charge in [-0.05, 0) is 24.8 Å². The van der Waals surface area contributed by atoms with Crippen LogP contribution in [0.1, 0.15) is 30.9 Å². The van der Waals surface area contributed by atoms with Crippen molar-refractivity contribution in [2.45, 2.75) is 37.5 Å². The maximum atomic E-state index is 14.0. The van der Waals surface area contributed by atoms with Crippen molar-refractivity contribution in [1.82, 2.24) is 24.7 Å². The highest BCUT2D eigenvalue weighted by atomic mass is 16.5. The molecule has 0 saturated carbocycles. The van der Waals surface area contributed by atoms with E-state index in [1.165, 1.54) is 10.6 Å². The molecule has 3 aliphatic rings. The van der Waals surface area contributed by atoms with E-state index >= 15 is 0 Å². The number of benzene rings is 2. The zero-order valence-corrected chi connectivity index (χ0v) is 22.7. The lowest BCUT2D eigenvalue weighted by atomic mass is 9.63. The van der Waals surface area contributed by atoms with Crippen molar-refractivity contribution in [3.63, 3.8) is 0 Å². The van der Waals surface area contributed by atoms with Gasteiger partial charge in [-0.15, -0.1) is 0 Å². The molecule has 2 aromatic carbocycles. The lowest BCUT2D eigenvalue weighted by molar-refractivity contribution is -0.174. The average Bonchev–Trinajstić information content (AvgIpc) is 3.01. The van der Waals surface area contributed by atoms with Gasteiger partial charge in [0, 0.05) is 63.0 Å². The van der Waals surface area contributed by atoms with Gasteiger partial charge in [-0.25, -0.2) is 9.78 Å². The highest BCUT2D eigenvalue weighted by Crippen LogP contribution is 2.47. The van der Waals surface area contributed by atoms with Gasteiger partial charge in [0.15, 0.2) is 0 Å². The zero-order chi connectivity index (χ0) is 27.6. The number of hydrogen-bond acceptors (Lipinski definition) is 6. The smallest absolute Gasteiger partial charge is 0.320 e. The first kappa shape index (κ1) is 26.7. The highest BCUT2D eigenvalue weighted by molar-refractivity contribution is 5.75. The van der Waals surface area contributed by atoms with Gasteiger partial charge in [0.05, 0.1) is 30.2 Å². The van der Waals surface area contributed by atoms with E-state index < -0.39 is 11.0 Å². The zero-order valence-electron chi connectivity index (χ0n) is 22.7. The van der Waals surface area contributed by atoms with Crippen LogP contribution in [0.2, 0.25) is 0 Å². The van der Waals surface area contributed by atoms with Crippen LogP contribution in [-0.4, -0.2) is 82.0 Å². The molecule has 1 aromatic heterocycles. The normalized spacial score (nSPS) is 24.7. The summed E-state index contributed by atoms with van der Waals surface area (Å²) in [4.78, 5) is 35.6. The molecule has 2 N–H and O–H groups in total. The van der Waals surface area contributed by atoms with Crippen molar-refractivity contribution in [2.75, 3.05) is 45.9 Å². The van der Waals surface area contributed by atoms with E-state index in [0.717, 1.165) is 17.7 Å². The van der Waals surface area contributed by atoms with E-state index in [1.807, 2.05) is 58.3 Å². The largest absolute Gasteiger partial charge is 0.387 e. The fourth-order valence-corrected chi connectivity index (χ4v) is 6.65. The van der Waals surface area contributed by atoms with E-state index in [9.17, 15) is 14.7 Å². The number of aliphatic hydroxyl groups is 1. The van der Waals surface area contributed by atoms with Gasteiger partial charge in [-0.2, -0.15) is 0 Å². The first-order valence-corrected chi connectivity index (χ1v) is 14.2. The molecule has 40 heavy (non-hydrogen) atoms. The number of aromatic nitrogens is 2. The van der Waals surface area contributed by atoms with Crippen LogP contribution in [0, 0.1) is 5.41 Å². The Labute approximate surface area is 234 Å². The van der Waals surface area contributed by atoms with Crippen molar-refractivity contribution in [3.05, 3.63) is 89.0 Å². The Morgan fingerprint density at radius 3 is 2.48 bits per heavy atom. The number of carbonyl (C=O) groups excluding carboxylic acids is 1. The maximum Gasteiger partial charge on any atom is 0.320 e. The van der Waals surface area contributed by atoms with Gasteiger partial charge in [0.2, 0.25) is 0 Å². The van der Waals surface area contributed by atoms with E-state index in [4.69, 9.17) is 4.74 Å². The molecule has 9 heteroatoms. The third-order valence-corrected chi connectivity index (χ3v) is 9.05. The molecule has 9 nitrogen and oxygen atoms in total. The summed E-state index contributed by atoms with van der Waals surface area (Å²) in [5.74, 6) is 0. The minimum absolute atomic E-state index is 0.00863. The lowest BCUT2D eigenvalue weighted by Crippen LogP contribution is -2.66. The molecule has 210 valence electrons. The number of nitrogens with zero attached hydrogens (tertiary/aromatic N) is 4. The molecular formula is C31H37N5O4. The van der Waals surface area contributed by atoms with Gasteiger partial charge in [0.1, 0.15) is 0 Å². The first-order valence-electron chi connectivity index (χ1n) is 14.2. The van der Waals surface area contributed by atoms with E-state index in [0.29, 0.717) is 64.3 Å². The van der Waals surface area contributed by atoms with Gasteiger partial charge in [-0.1, -0.05) is 60.7 Å². The second-order valence-corrected chi connectivity index (χ2v) is 11.3. The number of likely N-dealkylation sites (tertiary alicyclic amines) is 1. The number of piperazine rings is 1. The number of carbonyl (C=O) groups is 1. The summed E-state index contributed by atoms with van der Waals surface area (Å²) in [6.45, 7) is 4.12. The van der Waals surface area contributed by atoms with Crippen LogP contribution in [-0.2, 0) is 11.3 Å². The Bertz CT molecular complexity index is 1380. The number of amides is 2. The standard InChI is InChI=1S/C31H37N5O4/c37-28-19-26(24-7-3-1-4-8-24)33-23-35(28)22-31(39)11-15-34(21-30(31)12-17-40-18-13-30)29(38)36-16-14-32-20-27(36)25-9-5-2-6-10-25/h1-10,19,23,27,32,39H,11-18,20-22H2/t27-,31+/m0/s1. The molecule has 1 spiro atoms. The van der Waals surface area contributed by atoms with E-state index in [-0.39, 0.29) is 24.2 Å². The molecule has 0 bridgehead atoms. The quantitative estimate of drug-likeness (QED) is 0.525. The second kappa shape index (κ2) is 11.2. The summed E-state index contributed by atoms with van der Waals surface area (Å²) in [5, 5.41) is 15.7. The predicted octanol–water partition coefficient (Wildman–Crippen LogP) is 2.91. The fraction of sp³-hybridized carbons (Fsp3) is 0.452. The van der Waals surface area contributed by atoms with Gasteiger partial charge >= 0.3 is 6.03 Å². The van der Waals surface area contributed by atoms with Gasteiger partial charge in [-0.3, -0.25) is 9.36 Å². The van der Waals surface area contributed by atoms with Crippen LogP contribution in [0.3, 0.4) is 0 Å². The van der Waals surface area contributed by atoms with Crippen molar-refractivity contribution < 1.29 is 14.6 Å². The van der Waals surface area contributed by atoms with Crippen LogP contribution in [0.15, 0.2) is 77.9 Å². The molecule has 2 amide bonds. The molecule has 6 rings (SSSR count). The summed E-state index contributed by atoms with van der Waals surface area (Å²) in [5.41, 5.74) is 0.652. The Balaban J connectivity index is 1.24.